The van der Waals surface area contributed by atoms with Crippen molar-refractivity contribution in [1.82, 2.24) is 4.90 Å². The molecule has 1 saturated heterocycles. The molecule has 9 heteroatoms. The van der Waals surface area contributed by atoms with E-state index in [-0.39, 0.29) is 4.32 Å². The molecule has 3 rings (SSSR count). The summed E-state index contributed by atoms with van der Waals surface area (Å²) in [5.41, 5.74) is 0.963. The van der Waals surface area contributed by atoms with E-state index in [1.54, 1.807) is 36.4 Å². The number of carboxylic acids is 1. The van der Waals surface area contributed by atoms with E-state index in [9.17, 15) is 27.9 Å². The number of carbonyl (C=O) groups excluding carboxylic acids is 1. The molecule has 0 unspecified atom stereocenters. The van der Waals surface area contributed by atoms with Gasteiger partial charge in [0.2, 0.25) is 0 Å². The number of carbonyl (C=O) groups is 2. The molecule has 0 aromatic heterocycles. The molecule has 168 valence electrons. The summed E-state index contributed by atoms with van der Waals surface area (Å²) in [6.45, 7) is 1.94. The van der Waals surface area contributed by atoms with Gasteiger partial charge in [0.1, 0.15) is 10.4 Å². The number of thioether (sulfide) groups is 1. The number of nitrogens with zero attached hydrogens (tertiary/aromatic N) is 1. The fourth-order valence-corrected chi connectivity index (χ4v) is 4.66. The zero-order chi connectivity index (χ0) is 23.5. The van der Waals surface area contributed by atoms with Crippen LogP contribution in [0.2, 0.25) is 0 Å². The first-order valence-corrected chi connectivity index (χ1v) is 11.1. The van der Waals surface area contributed by atoms with Crippen LogP contribution in [-0.2, 0) is 15.8 Å². The van der Waals surface area contributed by atoms with Gasteiger partial charge in [-0.15, -0.1) is 0 Å². The van der Waals surface area contributed by atoms with Crippen LogP contribution in [0.3, 0.4) is 0 Å². The second kappa shape index (κ2) is 9.87. The summed E-state index contributed by atoms with van der Waals surface area (Å²) < 4.78 is 39.1. The van der Waals surface area contributed by atoms with Crippen LogP contribution in [0.15, 0.2) is 53.4 Å². The van der Waals surface area contributed by atoms with Gasteiger partial charge in [0, 0.05) is 0 Å². The van der Waals surface area contributed by atoms with Gasteiger partial charge in [-0.2, -0.15) is 13.2 Å². The Morgan fingerprint density at radius 1 is 1.19 bits per heavy atom. The maximum atomic E-state index is 13.0. The first kappa shape index (κ1) is 24.0. The molecule has 1 amide bonds. The molecule has 4 nitrogen and oxygen atoms in total. The predicted molar refractivity (Wildman–Crippen MR) is 123 cm³/mol. The number of thiocarbonyl (C=S) groups is 1. The third-order valence-electron chi connectivity index (χ3n) is 4.98. The molecule has 0 spiro atoms. The van der Waals surface area contributed by atoms with Crippen LogP contribution < -0.4 is 0 Å². The summed E-state index contributed by atoms with van der Waals surface area (Å²) in [6, 6.07) is 10.8. The van der Waals surface area contributed by atoms with Crippen molar-refractivity contribution in [2.75, 3.05) is 0 Å². The number of benzene rings is 2. The van der Waals surface area contributed by atoms with Gasteiger partial charge in [-0.05, 0) is 41.3 Å². The quantitative estimate of drug-likeness (QED) is 0.378. The van der Waals surface area contributed by atoms with E-state index < -0.39 is 29.7 Å². The Morgan fingerprint density at radius 3 is 2.47 bits per heavy atom. The summed E-state index contributed by atoms with van der Waals surface area (Å²) in [4.78, 5) is 25.9. The Kier molecular flexibility index (Phi) is 7.40. The van der Waals surface area contributed by atoms with Gasteiger partial charge < -0.3 is 5.11 Å². The number of hydrogen-bond acceptors (Lipinski definition) is 4. The molecule has 1 atom stereocenters. The molecule has 1 fully saturated rings. The van der Waals surface area contributed by atoms with Crippen molar-refractivity contribution in [2.24, 2.45) is 0 Å². The highest BCUT2D eigenvalue weighted by molar-refractivity contribution is 8.26. The highest BCUT2D eigenvalue weighted by Crippen LogP contribution is 2.36. The maximum Gasteiger partial charge on any atom is 0.416 e. The predicted octanol–water partition coefficient (Wildman–Crippen LogP) is 6.22. The number of hydrogen-bond donors (Lipinski definition) is 1. The van der Waals surface area contributed by atoms with E-state index >= 15 is 0 Å². The minimum absolute atomic E-state index is 0.199. The monoisotopic (exact) mass is 479 g/mol. The molecule has 1 aliphatic rings. The van der Waals surface area contributed by atoms with Crippen LogP contribution in [0.25, 0.3) is 17.2 Å². The van der Waals surface area contributed by atoms with Crippen molar-refractivity contribution in [3.05, 3.63) is 64.6 Å². The van der Waals surface area contributed by atoms with Gasteiger partial charge in [0.15, 0.2) is 0 Å². The topological polar surface area (TPSA) is 57.6 Å². The number of alkyl halides is 3. The Hall–Kier alpha value is -2.65. The molecular weight excluding hydrogens is 459 g/mol. The third-order valence-corrected chi connectivity index (χ3v) is 6.31. The Bertz CT molecular complexity index is 1060. The van der Waals surface area contributed by atoms with E-state index in [1.165, 1.54) is 6.07 Å². The number of halogens is 3. The number of unbranched alkanes of at least 4 members (excludes halogenated alkanes) is 1. The van der Waals surface area contributed by atoms with Crippen LogP contribution in [0.1, 0.15) is 37.3 Å². The molecule has 2 aromatic carbocycles. The first-order valence-electron chi connectivity index (χ1n) is 9.89. The highest BCUT2D eigenvalue weighted by atomic mass is 32.2. The van der Waals surface area contributed by atoms with E-state index in [0.29, 0.717) is 34.4 Å². The standard InChI is InChI=1S/C23H20F3NO3S2/c1-2-3-7-18(21(29)30)27-20(28)19(32-22(27)31)12-14-8-10-15(11-9-14)16-5-4-6-17(13-16)23(24,25)26/h4-6,8-13,18H,2-3,7H2,1H3,(H,29,30)/b19-12-/t18-/m0/s1. The third kappa shape index (κ3) is 5.39. The van der Waals surface area contributed by atoms with Crippen LogP contribution in [-0.4, -0.2) is 32.2 Å². The summed E-state index contributed by atoms with van der Waals surface area (Å²) in [5.74, 6) is -1.55. The lowest BCUT2D eigenvalue weighted by molar-refractivity contribution is -0.145. The average molecular weight is 480 g/mol. The zero-order valence-corrected chi connectivity index (χ0v) is 18.7. The first-order chi connectivity index (χ1) is 15.1. The van der Waals surface area contributed by atoms with Gasteiger partial charge in [-0.25, -0.2) is 4.79 Å². The van der Waals surface area contributed by atoms with Crippen molar-refractivity contribution in [3.63, 3.8) is 0 Å². The Labute approximate surface area is 193 Å². The van der Waals surface area contributed by atoms with Gasteiger partial charge in [0.05, 0.1) is 10.5 Å². The van der Waals surface area contributed by atoms with Gasteiger partial charge in [0.25, 0.3) is 5.91 Å². The summed E-state index contributed by atoms with van der Waals surface area (Å²) in [6.07, 6.45) is -1.04. The average Bonchev–Trinajstić information content (AvgIpc) is 3.01. The molecule has 0 aliphatic carbocycles. The van der Waals surface area contributed by atoms with Crippen LogP contribution in [0.4, 0.5) is 13.2 Å². The molecule has 1 N–H and O–H groups in total. The van der Waals surface area contributed by atoms with Crippen molar-refractivity contribution in [3.8, 4) is 11.1 Å². The Morgan fingerprint density at radius 2 is 1.88 bits per heavy atom. The fourth-order valence-electron chi connectivity index (χ4n) is 3.31. The second-order valence-electron chi connectivity index (χ2n) is 7.25. The normalized spacial score (nSPS) is 16.6. The molecule has 1 aliphatic heterocycles. The lowest BCUT2D eigenvalue weighted by atomic mass is 10.0. The molecule has 0 radical (unpaired) electrons. The van der Waals surface area contributed by atoms with Crippen molar-refractivity contribution < 1.29 is 27.9 Å². The van der Waals surface area contributed by atoms with Crippen molar-refractivity contribution in [2.45, 2.75) is 38.4 Å². The van der Waals surface area contributed by atoms with Gasteiger partial charge in [-0.3, -0.25) is 9.69 Å². The summed E-state index contributed by atoms with van der Waals surface area (Å²) in [7, 11) is 0. The molecule has 0 saturated carbocycles. The van der Waals surface area contributed by atoms with Gasteiger partial charge >= 0.3 is 12.1 Å². The molecule has 1 heterocycles. The van der Waals surface area contributed by atoms with Crippen LogP contribution in [0, 0.1) is 0 Å². The molecule has 32 heavy (non-hydrogen) atoms. The van der Waals surface area contributed by atoms with Gasteiger partial charge in [-0.1, -0.05) is 80.1 Å². The summed E-state index contributed by atoms with van der Waals surface area (Å²) in [5, 5.41) is 9.53. The molecular formula is C23H20F3NO3S2. The molecule has 2 aromatic rings. The van der Waals surface area contributed by atoms with E-state index in [2.05, 4.69) is 0 Å². The number of amides is 1. The minimum atomic E-state index is -4.42. The van der Waals surface area contributed by atoms with Crippen molar-refractivity contribution in [1.29, 1.82) is 0 Å². The molecule has 0 bridgehead atoms. The van der Waals surface area contributed by atoms with E-state index in [0.717, 1.165) is 35.2 Å². The van der Waals surface area contributed by atoms with Crippen LogP contribution >= 0.6 is 24.0 Å². The number of rotatable bonds is 7. The number of carboxylic acid groups (broad SMARTS) is 1. The minimum Gasteiger partial charge on any atom is -0.480 e. The maximum absolute atomic E-state index is 13.0. The largest absolute Gasteiger partial charge is 0.480 e. The Balaban J connectivity index is 1.82. The van der Waals surface area contributed by atoms with E-state index in [1.807, 2.05) is 6.92 Å². The smallest absolute Gasteiger partial charge is 0.416 e. The second-order valence-corrected chi connectivity index (χ2v) is 8.92. The number of aliphatic carboxylic acids is 1. The van der Waals surface area contributed by atoms with E-state index in [4.69, 9.17) is 12.2 Å². The lowest BCUT2D eigenvalue weighted by Gasteiger charge is -2.22. The zero-order valence-electron chi connectivity index (χ0n) is 17.1. The SMILES string of the molecule is CCCC[C@@H](C(=O)O)N1C(=O)/C(=C/c2ccc(-c3cccc(C(F)(F)F)c3)cc2)SC1=S. The van der Waals surface area contributed by atoms with Crippen molar-refractivity contribution >= 4 is 46.3 Å². The fraction of sp³-hybridized carbons (Fsp3) is 0.261. The highest BCUT2D eigenvalue weighted by Gasteiger charge is 2.40. The van der Waals surface area contributed by atoms with Crippen LogP contribution in [0.5, 0.6) is 0 Å². The lowest BCUT2D eigenvalue weighted by Crippen LogP contribution is -2.43. The summed E-state index contributed by atoms with van der Waals surface area (Å²) >= 11 is 6.30.